The van der Waals surface area contributed by atoms with Gasteiger partial charge in [-0.3, -0.25) is 0 Å². The Morgan fingerprint density at radius 3 is 2.41 bits per heavy atom. The van der Waals surface area contributed by atoms with Crippen LogP contribution in [0.5, 0.6) is 0 Å². The molecule has 1 aromatic heterocycles. The maximum atomic E-state index is 9.10. The highest BCUT2D eigenvalue weighted by molar-refractivity contribution is 5.55. The number of aromatic nitrogens is 2. The van der Waals surface area contributed by atoms with E-state index in [1.54, 1.807) is 0 Å². The molecular weight excluding hydrogens is 340 g/mol. The zero-order valence-electron chi connectivity index (χ0n) is 15.6. The van der Waals surface area contributed by atoms with Gasteiger partial charge in [-0.05, 0) is 36.8 Å². The molecule has 2 aliphatic rings. The van der Waals surface area contributed by atoms with Crippen LogP contribution in [0, 0.1) is 18.3 Å². The zero-order chi connectivity index (χ0) is 18.6. The third kappa shape index (κ3) is 3.81. The molecule has 2 aliphatic heterocycles. The van der Waals surface area contributed by atoms with Crippen LogP contribution in [0.3, 0.4) is 0 Å². The van der Waals surface area contributed by atoms with Gasteiger partial charge in [-0.15, -0.1) is 0 Å². The summed E-state index contributed by atoms with van der Waals surface area (Å²) in [6, 6.07) is 10.3. The number of benzene rings is 1. The molecule has 0 atom stereocenters. The lowest BCUT2D eigenvalue weighted by molar-refractivity contribution is 0.122. The molecule has 7 heteroatoms. The van der Waals surface area contributed by atoms with Crippen LogP contribution in [0.25, 0.3) is 0 Å². The predicted octanol–water partition coefficient (Wildman–Crippen LogP) is 1.82. The fourth-order valence-electron chi connectivity index (χ4n) is 3.59. The lowest BCUT2D eigenvalue weighted by Crippen LogP contribution is -2.47. The van der Waals surface area contributed by atoms with Crippen molar-refractivity contribution in [3.8, 4) is 6.07 Å². The van der Waals surface area contributed by atoms with Crippen LogP contribution in [0.4, 0.5) is 17.5 Å². The van der Waals surface area contributed by atoms with Gasteiger partial charge < -0.3 is 19.4 Å². The Bertz CT molecular complexity index is 835. The van der Waals surface area contributed by atoms with E-state index in [2.05, 4.69) is 31.8 Å². The molecule has 4 rings (SSSR count). The fourth-order valence-corrected chi connectivity index (χ4v) is 3.59. The van der Waals surface area contributed by atoms with Crippen molar-refractivity contribution in [3.63, 3.8) is 0 Å². The number of rotatable bonds is 3. The number of hydrogen-bond acceptors (Lipinski definition) is 7. The molecule has 0 saturated carbocycles. The summed E-state index contributed by atoms with van der Waals surface area (Å²) in [7, 11) is 0. The van der Waals surface area contributed by atoms with Crippen molar-refractivity contribution in [1.82, 2.24) is 9.97 Å². The van der Waals surface area contributed by atoms with Crippen LogP contribution < -0.4 is 14.7 Å². The molecule has 27 heavy (non-hydrogen) atoms. The van der Waals surface area contributed by atoms with Gasteiger partial charge in [-0.2, -0.15) is 10.2 Å². The number of nitriles is 1. The van der Waals surface area contributed by atoms with Gasteiger partial charge in [0.25, 0.3) is 0 Å². The Labute approximate surface area is 159 Å². The van der Waals surface area contributed by atoms with Crippen LogP contribution in [-0.4, -0.2) is 62.5 Å². The molecular formula is C20H24N6O. The summed E-state index contributed by atoms with van der Waals surface area (Å²) in [6.45, 7) is 8.84. The highest BCUT2D eigenvalue weighted by Crippen LogP contribution is 2.23. The Morgan fingerprint density at radius 2 is 1.70 bits per heavy atom. The molecule has 2 aromatic rings. The van der Waals surface area contributed by atoms with Gasteiger partial charge in [0.2, 0.25) is 5.95 Å². The molecule has 7 nitrogen and oxygen atoms in total. The quantitative estimate of drug-likeness (QED) is 0.823. The van der Waals surface area contributed by atoms with Gasteiger partial charge in [0.05, 0.1) is 24.8 Å². The maximum Gasteiger partial charge on any atom is 0.227 e. The molecule has 2 saturated heterocycles. The zero-order valence-corrected chi connectivity index (χ0v) is 15.6. The number of aryl methyl sites for hydroxylation is 1. The Morgan fingerprint density at radius 1 is 0.963 bits per heavy atom. The Hall–Kier alpha value is -2.85. The first-order valence-corrected chi connectivity index (χ1v) is 9.41. The average molecular weight is 364 g/mol. The lowest BCUT2D eigenvalue weighted by Gasteiger charge is -2.37. The number of nitrogens with zero attached hydrogens (tertiary/aromatic N) is 6. The molecule has 0 radical (unpaired) electrons. The predicted molar refractivity (Wildman–Crippen MR) is 105 cm³/mol. The number of morpholine rings is 1. The summed E-state index contributed by atoms with van der Waals surface area (Å²) in [5.74, 6) is 1.78. The molecule has 3 heterocycles. The summed E-state index contributed by atoms with van der Waals surface area (Å²) in [5.41, 5.74) is 2.96. The van der Waals surface area contributed by atoms with Crippen molar-refractivity contribution in [1.29, 1.82) is 5.26 Å². The van der Waals surface area contributed by atoms with E-state index >= 15 is 0 Å². The van der Waals surface area contributed by atoms with Gasteiger partial charge in [0, 0.05) is 51.2 Å². The van der Waals surface area contributed by atoms with Gasteiger partial charge in [-0.25, -0.2) is 4.98 Å². The fraction of sp³-hybridized carbons (Fsp3) is 0.450. The van der Waals surface area contributed by atoms with E-state index in [9.17, 15) is 0 Å². The molecule has 0 spiro atoms. The first-order chi connectivity index (χ1) is 13.2. The monoisotopic (exact) mass is 364 g/mol. The van der Waals surface area contributed by atoms with E-state index in [0.717, 1.165) is 75.4 Å². The molecule has 0 bridgehead atoms. The van der Waals surface area contributed by atoms with Gasteiger partial charge in [0.15, 0.2) is 0 Å². The summed E-state index contributed by atoms with van der Waals surface area (Å²) >= 11 is 0. The standard InChI is InChI=1S/C20H24N6O/c1-16-14-18(3-2-17(16)15-21)24-6-8-25(9-7-24)19-4-5-22-20(23-19)26-10-12-27-13-11-26/h2-5,14H,6-13H2,1H3. The van der Waals surface area contributed by atoms with Crippen molar-refractivity contribution in [2.75, 3.05) is 67.2 Å². The minimum absolute atomic E-state index is 0.732. The van der Waals surface area contributed by atoms with E-state index in [-0.39, 0.29) is 0 Å². The molecule has 0 N–H and O–H groups in total. The first-order valence-electron chi connectivity index (χ1n) is 9.41. The second kappa shape index (κ2) is 7.80. The van der Waals surface area contributed by atoms with Crippen molar-refractivity contribution in [3.05, 3.63) is 41.6 Å². The van der Waals surface area contributed by atoms with E-state index in [4.69, 9.17) is 15.0 Å². The Kier molecular flexibility index (Phi) is 5.07. The molecule has 2 fully saturated rings. The normalized spacial score (nSPS) is 17.7. The van der Waals surface area contributed by atoms with Crippen molar-refractivity contribution in [2.45, 2.75) is 6.92 Å². The van der Waals surface area contributed by atoms with Gasteiger partial charge in [0.1, 0.15) is 5.82 Å². The summed E-state index contributed by atoms with van der Waals surface area (Å²) in [5, 5.41) is 9.10. The van der Waals surface area contributed by atoms with Crippen molar-refractivity contribution >= 4 is 17.5 Å². The van der Waals surface area contributed by atoms with Crippen LogP contribution in [0.15, 0.2) is 30.5 Å². The molecule has 0 amide bonds. The van der Waals surface area contributed by atoms with Crippen LogP contribution >= 0.6 is 0 Å². The van der Waals surface area contributed by atoms with Crippen LogP contribution in [-0.2, 0) is 4.74 Å². The van der Waals surface area contributed by atoms with Gasteiger partial charge in [-0.1, -0.05) is 0 Å². The highest BCUT2D eigenvalue weighted by atomic mass is 16.5. The van der Waals surface area contributed by atoms with Crippen molar-refractivity contribution < 1.29 is 4.74 Å². The van der Waals surface area contributed by atoms with E-state index in [1.165, 1.54) is 5.69 Å². The topological polar surface area (TPSA) is 68.5 Å². The number of piperazine rings is 1. The van der Waals surface area contributed by atoms with E-state index < -0.39 is 0 Å². The molecule has 0 unspecified atom stereocenters. The first kappa shape index (κ1) is 17.6. The average Bonchev–Trinajstić information content (AvgIpc) is 2.74. The van der Waals surface area contributed by atoms with Crippen LogP contribution in [0.2, 0.25) is 0 Å². The molecule has 140 valence electrons. The summed E-state index contributed by atoms with van der Waals surface area (Å²) in [4.78, 5) is 16.1. The maximum absolute atomic E-state index is 9.10. The number of ether oxygens (including phenoxy) is 1. The van der Waals surface area contributed by atoms with Crippen molar-refractivity contribution in [2.24, 2.45) is 0 Å². The largest absolute Gasteiger partial charge is 0.378 e. The summed E-state index contributed by atoms with van der Waals surface area (Å²) in [6.07, 6.45) is 1.85. The minimum atomic E-state index is 0.732. The Balaban J connectivity index is 1.42. The third-order valence-electron chi connectivity index (χ3n) is 5.22. The van der Waals surface area contributed by atoms with E-state index in [1.807, 2.05) is 31.3 Å². The number of hydrogen-bond donors (Lipinski definition) is 0. The molecule has 0 aliphatic carbocycles. The van der Waals surface area contributed by atoms with Gasteiger partial charge >= 0.3 is 0 Å². The third-order valence-corrected chi connectivity index (χ3v) is 5.22. The van der Waals surface area contributed by atoms with Crippen LogP contribution in [0.1, 0.15) is 11.1 Å². The number of anilines is 3. The summed E-state index contributed by atoms with van der Waals surface area (Å²) < 4.78 is 5.41. The van der Waals surface area contributed by atoms with E-state index in [0.29, 0.717) is 0 Å². The second-order valence-corrected chi connectivity index (χ2v) is 6.90. The smallest absolute Gasteiger partial charge is 0.227 e. The molecule has 1 aromatic carbocycles. The highest BCUT2D eigenvalue weighted by Gasteiger charge is 2.20. The lowest BCUT2D eigenvalue weighted by atomic mass is 10.1. The second-order valence-electron chi connectivity index (χ2n) is 6.90. The minimum Gasteiger partial charge on any atom is -0.378 e. The SMILES string of the molecule is Cc1cc(N2CCN(c3ccnc(N4CCOCC4)n3)CC2)ccc1C#N.